The fourth-order valence-corrected chi connectivity index (χ4v) is 3.33. The summed E-state index contributed by atoms with van der Waals surface area (Å²) in [6.07, 6.45) is 0. The van der Waals surface area contributed by atoms with Crippen molar-refractivity contribution in [3.63, 3.8) is 0 Å². The Labute approximate surface area is 161 Å². The van der Waals surface area contributed by atoms with E-state index in [1.165, 1.54) is 33.4 Å². The van der Waals surface area contributed by atoms with Crippen LogP contribution < -0.4 is 6.15 Å². The van der Waals surface area contributed by atoms with E-state index in [4.69, 9.17) is 0 Å². The van der Waals surface area contributed by atoms with Gasteiger partial charge in [-0.25, -0.2) is 0 Å². The lowest BCUT2D eigenvalue weighted by Gasteiger charge is -2.18. The van der Waals surface area contributed by atoms with Gasteiger partial charge in [0, 0.05) is 0 Å². The Kier molecular flexibility index (Phi) is 5.98. The molecule has 0 aliphatic heterocycles. The molecule has 27 heavy (non-hydrogen) atoms. The molecule has 0 unspecified atom stereocenters. The summed E-state index contributed by atoms with van der Waals surface area (Å²) in [7, 11) is 0. The molecule has 4 rings (SSSR count). The first kappa shape index (κ1) is 18.4. The zero-order chi connectivity index (χ0) is 17.6. The standard InChI is InChI=1S/C26H20.H3N/c1-5-13-21(14-6-1)25(22-15-7-2-8-16-22)26(23-17-9-3-10-18-23)24-19-11-4-12-20-24;/h1-20H;1H3. The summed E-state index contributed by atoms with van der Waals surface area (Å²) in [6, 6.07) is 42.6. The molecule has 4 aromatic carbocycles. The molecule has 0 saturated carbocycles. The molecule has 0 radical (unpaired) electrons. The molecule has 3 N–H and O–H groups in total. The maximum absolute atomic E-state index is 2.19. The molecule has 132 valence electrons. The maximum atomic E-state index is 2.19. The van der Waals surface area contributed by atoms with Crippen LogP contribution in [-0.4, -0.2) is 0 Å². The first-order chi connectivity index (χ1) is 12.9. The van der Waals surface area contributed by atoms with Gasteiger partial charge in [-0.05, 0) is 33.4 Å². The summed E-state index contributed by atoms with van der Waals surface area (Å²) in [6.45, 7) is 0. The second-order valence-corrected chi connectivity index (χ2v) is 6.21. The van der Waals surface area contributed by atoms with Gasteiger partial charge in [-0.1, -0.05) is 121 Å². The molecule has 0 fully saturated rings. The van der Waals surface area contributed by atoms with E-state index in [0.29, 0.717) is 0 Å². The summed E-state index contributed by atoms with van der Waals surface area (Å²) in [4.78, 5) is 0. The first-order valence-corrected chi connectivity index (χ1v) is 8.89. The van der Waals surface area contributed by atoms with Crippen molar-refractivity contribution in [2.45, 2.75) is 0 Å². The number of hydrogen-bond acceptors (Lipinski definition) is 1. The lowest BCUT2D eigenvalue weighted by Crippen LogP contribution is -1.97. The van der Waals surface area contributed by atoms with Gasteiger partial charge >= 0.3 is 0 Å². The highest BCUT2D eigenvalue weighted by Gasteiger charge is 2.15. The van der Waals surface area contributed by atoms with Gasteiger partial charge in [0.1, 0.15) is 0 Å². The normalized spacial score (nSPS) is 9.93. The third-order valence-corrected chi connectivity index (χ3v) is 4.50. The van der Waals surface area contributed by atoms with Crippen molar-refractivity contribution in [1.82, 2.24) is 6.15 Å². The van der Waals surface area contributed by atoms with Crippen LogP contribution in [0.5, 0.6) is 0 Å². The van der Waals surface area contributed by atoms with Crippen molar-refractivity contribution in [3.05, 3.63) is 144 Å². The zero-order valence-corrected chi connectivity index (χ0v) is 15.3. The van der Waals surface area contributed by atoms with Gasteiger partial charge in [0.2, 0.25) is 0 Å². The van der Waals surface area contributed by atoms with Crippen LogP contribution in [0.3, 0.4) is 0 Å². The average Bonchev–Trinajstić information content (AvgIpc) is 2.74. The molecule has 0 saturated heterocycles. The molecule has 0 bridgehead atoms. The van der Waals surface area contributed by atoms with Crippen LogP contribution >= 0.6 is 0 Å². The molecule has 0 amide bonds. The summed E-state index contributed by atoms with van der Waals surface area (Å²) in [5.74, 6) is 0. The first-order valence-electron chi connectivity index (χ1n) is 8.89. The van der Waals surface area contributed by atoms with E-state index >= 15 is 0 Å². The monoisotopic (exact) mass is 349 g/mol. The van der Waals surface area contributed by atoms with Crippen LogP contribution in [0, 0.1) is 0 Å². The average molecular weight is 349 g/mol. The van der Waals surface area contributed by atoms with Gasteiger partial charge < -0.3 is 6.15 Å². The Morgan fingerprint density at radius 2 is 0.481 bits per heavy atom. The zero-order valence-electron chi connectivity index (χ0n) is 15.3. The Hall–Kier alpha value is -3.42. The van der Waals surface area contributed by atoms with Crippen molar-refractivity contribution < 1.29 is 0 Å². The number of hydrogen-bond donors (Lipinski definition) is 1. The van der Waals surface area contributed by atoms with Crippen molar-refractivity contribution in [3.8, 4) is 0 Å². The van der Waals surface area contributed by atoms with Gasteiger partial charge in [0.05, 0.1) is 0 Å². The molecule has 0 aromatic heterocycles. The van der Waals surface area contributed by atoms with Gasteiger partial charge in [-0.3, -0.25) is 0 Å². The third-order valence-electron chi connectivity index (χ3n) is 4.50. The molecule has 4 aromatic rings. The highest BCUT2D eigenvalue weighted by atomic mass is 14.2. The molecular formula is C26H23N. The summed E-state index contributed by atoms with van der Waals surface area (Å²) >= 11 is 0. The van der Waals surface area contributed by atoms with E-state index in [0.717, 1.165) is 0 Å². The van der Waals surface area contributed by atoms with E-state index in [1.807, 2.05) is 0 Å². The maximum Gasteiger partial charge on any atom is -0.00268 e. The molecule has 0 heterocycles. The van der Waals surface area contributed by atoms with E-state index in [9.17, 15) is 0 Å². The lowest BCUT2D eigenvalue weighted by molar-refractivity contribution is 1.50. The van der Waals surface area contributed by atoms with Crippen molar-refractivity contribution in [2.24, 2.45) is 0 Å². The minimum Gasteiger partial charge on any atom is -0.344 e. The van der Waals surface area contributed by atoms with E-state index in [2.05, 4.69) is 121 Å². The van der Waals surface area contributed by atoms with Gasteiger partial charge in [0.25, 0.3) is 0 Å². The smallest absolute Gasteiger partial charge is 0.00268 e. The molecule has 0 spiro atoms. The van der Waals surface area contributed by atoms with E-state index in [-0.39, 0.29) is 6.15 Å². The van der Waals surface area contributed by atoms with E-state index in [1.54, 1.807) is 0 Å². The van der Waals surface area contributed by atoms with Gasteiger partial charge in [-0.2, -0.15) is 0 Å². The Bertz CT molecular complexity index is 821. The number of benzene rings is 4. The Morgan fingerprint density at radius 3 is 0.667 bits per heavy atom. The van der Waals surface area contributed by atoms with Crippen molar-refractivity contribution >= 4 is 11.1 Å². The summed E-state index contributed by atoms with van der Waals surface area (Å²) < 4.78 is 0. The highest BCUT2D eigenvalue weighted by molar-refractivity contribution is 6.04. The Morgan fingerprint density at radius 1 is 0.296 bits per heavy atom. The molecule has 0 atom stereocenters. The molecule has 1 nitrogen and oxygen atoms in total. The predicted molar refractivity (Wildman–Crippen MR) is 116 cm³/mol. The minimum absolute atomic E-state index is 0. The summed E-state index contributed by atoms with van der Waals surface area (Å²) in [5.41, 5.74) is 7.40. The summed E-state index contributed by atoms with van der Waals surface area (Å²) in [5, 5.41) is 0. The van der Waals surface area contributed by atoms with Crippen LogP contribution in [0.2, 0.25) is 0 Å². The second-order valence-electron chi connectivity index (χ2n) is 6.21. The van der Waals surface area contributed by atoms with Crippen LogP contribution in [0.25, 0.3) is 11.1 Å². The van der Waals surface area contributed by atoms with E-state index < -0.39 is 0 Å². The largest absolute Gasteiger partial charge is 0.344 e. The quantitative estimate of drug-likeness (QED) is 0.401. The number of rotatable bonds is 4. The second kappa shape index (κ2) is 8.79. The predicted octanol–water partition coefficient (Wildman–Crippen LogP) is 6.86. The van der Waals surface area contributed by atoms with Crippen LogP contribution in [0.15, 0.2) is 121 Å². The SMILES string of the molecule is N.c1ccc(C(=C(c2ccccc2)c2ccccc2)c2ccccc2)cc1. The van der Waals surface area contributed by atoms with Crippen LogP contribution in [0.4, 0.5) is 0 Å². The van der Waals surface area contributed by atoms with Crippen LogP contribution in [0.1, 0.15) is 22.3 Å². The molecular weight excluding hydrogens is 326 g/mol. The Balaban J connectivity index is 0.00000210. The van der Waals surface area contributed by atoms with Crippen molar-refractivity contribution in [1.29, 1.82) is 0 Å². The van der Waals surface area contributed by atoms with Crippen LogP contribution in [-0.2, 0) is 0 Å². The third kappa shape index (κ3) is 4.05. The van der Waals surface area contributed by atoms with Gasteiger partial charge in [-0.15, -0.1) is 0 Å². The van der Waals surface area contributed by atoms with Crippen molar-refractivity contribution in [2.75, 3.05) is 0 Å². The molecule has 0 aliphatic carbocycles. The highest BCUT2D eigenvalue weighted by Crippen LogP contribution is 2.36. The molecule has 0 aliphatic rings. The van der Waals surface area contributed by atoms with Gasteiger partial charge in [0.15, 0.2) is 0 Å². The fourth-order valence-electron chi connectivity index (χ4n) is 3.33. The fraction of sp³-hybridized carbons (Fsp3) is 0. The topological polar surface area (TPSA) is 35.0 Å². The molecule has 1 heteroatoms. The lowest BCUT2D eigenvalue weighted by atomic mass is 9.86. The minimum atomic E-state index is 0.